The average molecular weight is 474 g/mol. The number of carbonyl (C=O) groups is 1. The second-order valence-electron chi connectivity index (χ2n) is 8.05. The van der Waals surface area contributed by atoms with Gasteiger partial charge in [-0.2, -0.15) is 0 Å². The summed E-state index contributed by atoms with van der Waals surface area (Å²) in [6.45, 7) is 1.94. The first-order chi connectivity index (χ1) is 15.3. The molecular formula is C26H28NNaO4S. The third-order valence-corrected chi connectivity index (χ3v) is 6.87. The second-order valence-corrected chi connectivity index (χ2v) is 9.73. The summed E-state index contributed by atoms with van der Waals surface area (Å²) in [4.78, 5) is 11.7. The van der Waals surface area contributed by atoms with Gasteiger partial charge in [-0.3, -0.25) is 4.72 Å². The van der Waals surface area contributed by atoms with E-state index in [0.29, 0.717) is 37.8 Å². The Morgan fingerprint density at radius 2 is 1.55 bits per heavy atom. The zero-order chi connectivity index (χ0) is 23.0. The number of sulfonamides is 1. The van der Waals surface area contributed by atoms with Crippen molar-refractivity contribution in [2.75, 3.05) is 4.72 Å². The molecule has 0 aliphatic carbocycles. The first-order valence-corrected chi connectivity index (χ1v) is 12.2. The van der Waals surface area contributed by atoms with E-state index in [2.05, 4.69) is 4.72 Å². The minimum atomic E-state index is -3.70. The Hall–Kier alpha value is -2.12. The van der Waals surface area contributed by atoms with E-state index in [4.69, 9.17) is 0 Å². The summed E-state index contributed by atoms with van der Waals surface area (Å²) in [7, 11) is -3.70. The van der Waals surface area contributed by atoms with Gasteiger partial charge in [0, 0.05) is 11.7 Å². The Kier molecular flexibility index (Phi) is 10.6. The molecule has 0 saturated heterocycles. The summed E-state index contributed by atoms with van der Waals surface area (Å²) in [5.74, 6) is -1.55. The van der Waals surface area contributed by atoms with Crippen molar-refractivity contribution in [3.8, 4) is 0 Å². The summed E-state index contributed by atoms with van der Waals surface area (Å²) in [6, 6.07) is 23.7. The zero-order valence-corrected chi connectivity index (χ0v) is 22.0. The Morgan fingerprint density at radius 3 is 2.21 bits per heavy atom. The summed E-state index contributed by atoms with van der Waals surface area (Å²) in [6.07, 6.45) is 2.96. The topological polar surface area (TPSA) is 86.3 Å². The quantitative estimate of drug-likeness (QED) is 0.423. The van der Waals surface area contributed by atoms with Gasteiger partial charge in [0.2, 0.25) is 0 Å². The number of carbonyl (C=O) groups excluding carboxylic acids is 1. The van der Waals surface area contributed by atoms with Crippen LogP contribution in [-0.2, 0) is 27.7 Å². The summed E-state index contributed by atoms with van der Waals surface area (Å²) in [5.41, 5.74) is 3.53. The van der Waals surface area contributed by atoms with Crippen LogP contribution in [0.3, 0.4) is 0 Å². The molecule has 168 valence electrons. The van der Waals surface area contributed by atoms with Crippen molar-refractivity contribution in [3.63, 3.8) is 0 Å². The molecule has 0 bridgehead atoms. The fraction of sp³-hybridized carbons (Fsp3) is 0.269. The Labute approximate surface area is 218 Å². The number of aryl methyl sites for hydroxylation is 3. The summed E-state index contributed by atoms with van der Waals surface area (Å²) in [5, 5.41) is 11.5. The van der Waals surface area contributed by atoms with Crippen molar-refractivity contribution >= 4 is 21.7 Å². The minimum absolute atomic E-state index is 0. The van der Waals surface area contributed by atoms with Crippen molar-refractivity contribution in [2.45, 2.75) is 43.9 Å². The van der Waals surface area contributed by atoms with E-state index >= 15 is 0 Å². The van der Waals surface area contributed by atoms with Crippen LogP contribution in [0.1, 0.15) is 36.0 Å². The van der Waals surface area contributed by atoms with Crippen molar-refractivity contribution in [3.05, 3.63) is 95.6 Å². The molecule has 3 aromatic rings. The van der Waals surface area contributed by atoms with Gasteiger partial charge >= 0.3 is 29.6 Å². The van der Waals surface area contributed by atoms with Gasteiger partial charge in [-0.1, -0.05) is 60.2 Å². The molecule has 0 saturated carbocycles. The van der Waals surface area contributed by atoms with Crippen LogP contribution in [0.4, 0.5) is 5.69 Å². The molecule has 0 spiro atoms. The maximum absolute atomic E-state index is 12.7. The van der Waals surface area contributed by atoms with Crippen LogP contribution < -0.4 is 39.4 Å². The molecule has 5 nitrogen and oxygen atoms in total. The standard InChI is InChI=1S/C26H29NO4S.Na/c1-20-13-17-24(18-14-20)27-32(30,31)25-12-6-10-22(19-25)9-5-11-23(26(28)29)16-15-21-7-3-2-4-8-21;/h2-4,6-8,10,12-14,17-19,23,27H,5,9,11,15-16H2,1H3,(H,28,29);/q;+1/p-1. The third kappa shape index (κ3) is 8.63. The number of nitrogens with one attached hydrogen (secondary N) is 1. The van der Waals surface area contributed by atoms with Crippen LogP contribution in [0.2, 0.25) is 0 Å². The maximum Gasteiger partial charge on any atom is 1.00 e. The molecule has 0 amide bonds. The molecular weight excluding hydrogens is 445 g/mol. The van der Waals surface area contributed by atoms with Crippen LogP contribution in [0.15, 0.2) is 83.8 Å². The van der Waals surface area contributed by atoms with Crippen LogP contribution >= 0.6 is 0 Å². The molecule has 0 fully saturated rings. The number of hydrogen-bond donors (Lipinski definition) is 1. The number of rotatable bonds is 11. The van der Waals surface area contributed by atoms with E-state index in [9.17, 15) is 18.3 Å². The molecule has 7 heteroatoms. The predicted octanol–water partition coefficient (Wildman–Crippen LogP) is 1.12. The molecule has 0 aromatic heterocycles. The van der Waals surface area contributed by atoms with E-state index in [0.717, 1.165) is 16.7 Å². The van der Waals surface area contributed by atoms with Crippen molar-refractivity contribution < 1.29 is 47.9 Å². The molecule has 0 aliphatic rings. The second kappa shape index (κ2) is 12.9. The number of hydrogen-bond acceptors (Lipinski definition) is 4. The molecule has 33 heavy (non-hydrogen) atoms. The number of carboxylic acid groups (broad SMARTS) is 1. The number of carboxylic acids is 1. The van der Waals surface area contributed by atoms with Gasteiger partial charge < -0.3 is 9.90 Å². The first-order valence-electron chi connectivity index (χ1n) is 10.8. The fourth-order valence-electron chi connectivity index (χ4n) is 3.62. The molecule has 0 radical (unpaired) electrons. The van der Waals surface area contributed by atoms with Gasteiger partial charge in [0.1, 0.15) is 0 Å². The van der Waals surface area contributed by atoms with E-state index in [1.54, 1.807) is 30.3 Å². The monoisotopic (exact) mass is 473 g/mol. The number of benzene rings is 3. The molecule has 0 aliphatic heterocycles. The molecule has 3 rings (SSSR count). The van der Waals surface area contributed by atoms with Gasteiger partial charge in [-0.05, 0) is 80.3 Å². The van der Waals surface area contributed by atoms with Gasteiger partial charge in [0.15, 0.2) is 0 Å². The molecule has 0 heterocycles. The predicted molar refractivity (Wildman–Crippen MR) is 125 cm³/mol. The third-order valence-electron chi connectivity index (χ3n) is 5.49. The average Bonchev–Trinajstić information content (AvgIpc) is 2.78. The Bertz CT molecular complexity index is 1130. The van der Waals surface area contributed by atoms with Gasteiger partial charge in [0.05, 0.1) is 4.90 Å². The molecule has 1 N–H and O–H groups in total. The van der Waals surface area contributed by atoms with Gasteiger partial charge in [0.25, 0.3) is 10.0 Å². The SMILES string of the molecule is Cc1ccc(NS(=O)(=O)c2cccc(CCCC(CCc3ccccc3)C(=O)[O-])c2)cc1.[Na+]. The summed E-state index contributed by atoms with van der Waals surface area (Å²) < 4.78 is 28.1. The van der Waals surface area contributed by atoms with Crippen LogP contribution in [0.25, 0.3) is 0 Å². The molecule has 1 unspecified atom stereocenters. The Morgan fingerprint density at radius 1 is 0.879 bits per heavy atom. The first kappa shape index (κ1) is 27.1. The number of anilines is 1. The van der Waals surface area contributed by atoms with Crippen molar-refractivity contribution in [1.82, 2.24) is 0 Å². The van der Waals surface area contributed by atoms with E-state index in [1.807, 2.05) is 55.5 Å². The largest absolute Gasteiger partial charge is 1.00 e. The molecule has 3 aromatic carbocycles. The van der Waals surface area contributed by atoms with E-state index in [1.165, 1.54) is 0 Å². The zero-order valence-electron chi connectivity index (χ0n) is 19.2. The smallest absolute Gasteiger partial charge is 0.550 e. The van der Waals surface area contributed by atoms with Crippen molar-refractivity contribution in [2.24, 2.45) is 5.92 Å². The number of aliphatic carboxylic acids is 1. The maximum atomic E-state index is 12.7. The molecule has 1 atom stereocenters. The van der Waals surface area contributed by atoms with Crippen LogP contribution in [0.5, 0.6) is 0 Å². The van der Waals surface area contributed by atoms with Crippen LogP contribution in [0, 0.1) is 12.8 Å². The van der Waals surface area contributed by atoms with Gasteiger partial charge in [-0.15, -0.1) is 0 Å². The van der Waals surface area contributed by atoms with Crippen LogP contribution in [-0.4, -0.2) is 14.4 Å². The minimum Gasteiger partial charge on any atom is -0.550 e. The normalized spacial score (nSPS) is 11.9. The fourth-order valence-corrected chi connectivity index (χ4v) is 4.75. The van der Waals surface area contributed by atoms with Crippen molar-refractivity contribution in [1.29, 1.82) is 0 Å². The Balaban J connectivity index is 0.00000385. The van der Waals surface area contributed by atoms with E-state index < -0.39 is 21.9 Å². The van der Waals surface area contributed by atoms with Gasteiger partial charge in [-0.25, -0.2) is 8.42 Å². The van der Waals surface area contributed by atoms with E-state index in [-0.39, 0.29) is 34.5 Å². The summed E-state index contributed by atoms with van der Waals surface area (Å²) >= 11 is 0.